The van der Waals surface area contributed by atoms with Crippen molar-refractivity contribution in [3.8, 4) is 0 Å². The lowest BCUT2D eigenvalue weighted by Gasteiger charge is -2.06. The van der Waals surface area contributed by atoms with Gasteiger partial charge in [0.2, 0.25) is 5.95 Å². The molecule has 3 aromatic rings. The zero-order valence-electron chi connectivity index (χ0n) is 10.1. The molecule has 6 nitrogen and oxygen atoms in total. The fourth-order valence-electron chi connectivity index (χ4n) is 1.78. The van der Waals surface area contributed by atoms with Crippen molar-refractivity contribution in [2.45, 2.75) is 0 Å². The van der Waals surface area contributed by atoms with Gasteiger partial charge >= 0.3 is 0 Å². The zero-order valence-corrected chi connectivity index (χ0v) is 10.9. The van der Waals surface area contributed by atoms with Crippen molar-refractivity contribution in [3.63, 3.8) is 0 Å². The van der Waals surface area contributed by atoms with Crippen molar-refractivity contribution in [3.05, 3.63) is 35.7 Å². The number of fused-ring (bicyclic) bond motifs is 1. The first-order chi connectivity index (χ1) is 9.13. The third-order valence-electron chi connectivity index (χ3n) is 2.75. The van der Waals surface area contributed by atoms with Crippen LogP contribution in [0.1, 0.15) is 0 Å². The number of hydrogen-bond acceptors (Lipinski definition) is 5. The molecular weight excluding hydrogens is 264 g/mol. The SMILES string of the molecule is Cn1cnc2cc(Nc3ncc(Cl)c(N)n3)ccc21. The highest BCUT2D eigenvalue weighted by atomic mass is 35.5. The monoisotopic (exact) mass is 274 g/mol. The van der Waals surface area contributed by atoms with E-state index < -0.39 is 0 Å². The molecule has 0 saturated carbocycles. The van der Waals surface area contributed by atoms with Crippen LogP contribution in [0, 0.1) is 0 Å². The Kier molecular flexibility index (Phi) is 2.72. The van der Waals surface area contributed by atoms with Crippen LogP contribution in [0.3, 0.4) is 0 Å². The van der Waals surface area contributed by atoms with Gasteiger partial charge in [0.1, 0.15) is 10.8 Å². The molecule has 2 aromatic heterocycles. The first-order valence-electron chi connectivity index (χ1n) is 5.59. The zero-order chi connectivity index (χ0) is 13.4. The van der Waals surface area contributed by atoms with Gasteiger partial charge in [0.25, 0.3) is 0 Å². The van der Waals surface area contributed by atoms with Crippen LogP contribution < -0.4 is 11.1 Å². The molecule has 0 bridgehead atoms. The van der Waals surface area contributed by atoms with Gasteiger partial charge in [-0.15, -0.1) is 0 Å². The fourth-order valence-corrected chi connectivity index (χ4v) is 1.87. The molecular formula is C12H11ClN6. The van der Waals surface area contributed by atoms with E-state index in [2.05, 4.69) is 20.3 Å². The van der Waals surface area contributed by atoms with Gasteiger partial charge in [0.05, 0.1) is 23.6 Å². The van der Waals surface area contributed by atoms with Gasteiger partial charge in [-0.3, -0.25) is 0 Å². The lowest BCUT2D eigenvalue weighted by molar-refractivity contribution is 0.948. The van der Waals surface area contributed by atoms with Crippen molar-refractivity contribution >= 4 is 40.1 Å². The Morgan fingerprint density at radius 1 is 1.32 bits per heavy atom. The molecule has 96 valence electrons. The Hall–Kier alpha value is -2.34. The normalized spacial score (nSPS) is 10.8. The highest BCUT2D eigenvalue weighted by Gasteiger charge is 2.04. The van der Waals surface area contributed by atoms with E-state index in [0.717, 1.165) is 16.7 Å². The standard InChI is InChI=1S/C12H11ClN6/c1-19-6-16-9-4-7(2-3-10(9)19)17-12-15-5-8(13)11(14)18-12/h2-6H,1H3,(H3,14,15,17,18). The summed E-state index contributed by atoms with van der Waals surface area (Å²) in [6.45, 7) is 0. The summed E-state index contributed by atoms with van der Waals surface area (Å²) in [5.74, 6) is 0.648. The molecule has 0 saturated heterocycles. The van der Waals surface area contributed by atoms with Gasteiger partial charge in [-0.25, -0.2) is 9.97 Å². The number of nitrogens with two attached hydrogens (primary N) is 1. The molecule has 0 spiro atoms. The maximum atomic E-state index is 5.77. The van der Waals surface area contributed by atoms with Crippen molar-refractivity contribution < 1.29 is 0 Å². The molecule has 1 aromatic carbocycles. The van der Waals surface area contributed by atoms with Gasteiger partial charge in [-0.1, -0.05) is 11.6 Å². The first-order valence-corrected chi connectivity index (χ1v) is 5.97. The molecule has 0 aliphatic heterocycles. The van der Waals surface area contributed by atoms with Crippen molar-refractivity contribution in [2.24, 2.45) is 7.05 Å². The Balaban J connectivity index is 1.94. The van der Waals surface area contributed by atoms with Crippen LogP contribution in [-0.4, -0.2) is 19.5 Å². The third-order valence-corrected chi connectivity index (χ3v) is 3.04. The largest absolute Gasteiger partial charge is 0.382 e. The summed E-state index contributed by atoms with van der Waals surface area (Å²) in [6, 6.07) is 5.83. The summed E-state index contributed by atoms with van der Waals surface area (Å²) >= 11 is 5.77. The quantitative estimate of drug-likeness (QED) is 0.749. The molecule has 19 heavy (non-hydrogen) atoms. The van der Waals surface area contributed by atoms with Crippen LogP contribution in [0.4, 0.5) is 17.5 Å². The highest BCUT2D eigenvalue weighted by molar-refractivity contribution is 6.32. The molecule has 0 aliphatic rings. The Bertz CT molecular complexity index is 751. The topological polar surface area (TPSA) is 81.7 Å². The molecule has 0 unspecified atom stereocenters. The summed E-state index contributed by atoms with van der Waals surface area (Å²) in [5.41, 5.74) is 8.43. The van der Waals surface area contributed by atoms with Crippen LogP contribution in [0.2, 0.25) is 5.02 Å². The summed E-state index contributed by atoms with van der Waals surface area (Å²) < 4.78 is 1.95. The summed E-state index contributed by atoms with van der Waals surface area (Å²) in [7, 11) is 1.95. The van der Waals surface area contributed by atoms with E-state index in [1.807, 2.05) is 29.8 Å². The van der Waals surface area contributed by atoms with Crippen LogP contribution in [0.15, 0.2) is 30.7 Å². The van der Waals surface area contributed by atoms with Crippen LogP contribution in [-0.2, 0) is 7.05 Å². The van der Waals surface area contributed by atoms with E-state index in [1.54, 1.807) is 6.33 Å². The van der Waals surface area contributed by atoms with E-state index in [4.69, 9.17) is 17.3 Å². The molecule has 7 heteroatoms. The van der Waals surface area contributed by atoms with Crippen molar-refractivity contribution in [1.82, 2.24) is 19.5 Å². The molecule has 2 heterocycles. The van der Waals surface area contributed by atoms with E-state index in [-0.39, 0.29) is 5.82 Å². The van der Waals surface area contributed by atoms with Gasteiger partial charge in [0.15, 0.2) is 0 Å². The number of aryl methyl sites for hydroxylation is 1. The van der Waals surface area contributed by atoms with Crippen LogP contribution >= 0.6 is 11.6 Å². The van der Waals surface area contributed by atoms with E-state index in [9.17, 15) is 0 Å². The van der Waals surface area contributed by atoms with Crippen molar-refractivity contribution in [2.75, 3.05) is 11.1 Å². The Morgan fingerprint density at radius 2 is 2.16 bits per heavy atom. The number of nitrogens with one attached hydrogen (secondary N) is 1. The van der Waals surface area contributed by atoms with Crippen LogP contribution in [0.5, 0.6) is 0 Å². The molecule has 0 fully saturated rings. The second kappa shape index (κ2) is 4.40. The van der Waals surface area contributed by atoms with E-state index in [1.165, 1.54) is 6.20 Å². The number of nitrogens with zero attached hydrogens (tertiary/aromatic N) is 4. The number of nitrogen functional groups attached to an aromatic ring is 1. The fraction of sp³-hybridized carbons (Fsp3) is 0.0833. The molecule has 0 radical (unpaired) electrons. The van der Waals surface area contributed by atoms with Gasteiger partial charge in [-0.05, 0) is 18.2 Å². The molecule has 0 atom stereocenters. The molecule has 0 aliphatic carbocycles. The smallest absolute Gasteiger partial charge is 0.229 e. The Labute approximate surface area is 114 Å². The molecule has 3 rings (SSSR count). The highest BCUT2D eigenvalue weighted by Crippen LogP contribution is 2.21. The number of benzene rings is 1. The number of anilines is 3. The van der Waals surface area contributed by atoms with Crippen molar-refractivity contribution in [1.29, 1.82) is 0 Å². The average Bonchev–Trinajstić information content (AvgIpc) is 2.75. The lowest BCUT2D eigenvalue weighted by Crippen LogP contribution is -2.00. The maximum Gasteiger partial charge on any atom is 0.229 e. The van der Waals surface area contributed by atoms with Gasteiger partial charge < -0.3 is 15.6 Å². The second-order valence-corrected chi connectivity index (χ2v) is 4.52. The molecule has 0 amide bonds. The predicted octanol–water partition coefficient (Wildman–Crippen LogP) is 2.34. The number of halogens is 1. The number of aromatic nitrogens is 4. The summed E-state index contributed by atoms with van der Waals surface area (Å²) in [5, 5.41) is 3.40. The third kappa shape index (κ3) is 2.17. The maximum absolute atomic E-state index is 5.77. The number of rotatable bonds is 2. The minimum Gasteiger partial charge on any atom is -0.382 e. The van der Waals surface area contributed by atoms with Gasteiger partial charge in [-0.2, -0.15) is 4.98 Å². The van der Waals surface area contributed by atoms with E-state index in [0.29, 0.717) is 11.0 Å². The Morgan fingerprint density at radius 3 is 2.95 bits per heavy atom. The minimum absolute atomic E-state index is 0.248. The van der Waals surface area contributed by atoms with Gasteiger partial charge in [0, 0.05) is 12.7 Å². The lowest BCUT2D eigenvalue weighted by atomic mass is 10.3. The van der Waals surface area contributed by atoms with E-state index >= 15 is 0 Å². The average molecular weight is 275 g/mol. The minimum atomic E-state index is 0.248. The summed E-state index contributed by atoms with van der Waals surface area (Å²) in [6.07, 6.45) is 3.23. The second-order valence-electron chi connectivity index (χ2n) is 4.11. The molecule has 3 N–H and O–H groups in total. The first kappa shape index (κ1) is 11.7. The number of imidazole rings is 1. The summed E-state index contributed by atoms with van der Waals surface area (Å²) in [4.78, 5) is 12.4. The van der Waals surface area contributed by atoms with Crippen LogP contribution in [0.25, 0.3) is 11.0 Å². The predicted molar refractivity (Wildman–Crippen MR) is 75.5 cm³/mol. The number of hydrogen-bond donors (Lipinski definition) is 2.